The zero-order valence-electron chi connectivity index (χ0n) is 17.8. The van der Waals surface area contributed by atoms with E-state index in [2.05, 4.69) is 0 Å². The lowest BCUT2D eigenvalue weighted by Gasteiger charge is -2.36. The van der Waals surface area contributed by atoms with Crippen molar-refractivity contribution in [2.24, 2.45) is 0 Å². The van der Waals surface area contributed by atoms with Gasteiger partial charge >= 0.3 is 6.03 Å². The number of piperazine rings is 1. The number of carbonyl (C=O) groups is 2. The summed E-state index contributed by atoms with van der Waals surface area (Å²) in [4.78, 5) is 38.2. The quantitative estimate of drug-likeness (QED) is 0.499. The molecule has 1 aliphatic heterocycles. The molecule has 1 fully saturated rings. The van der Waals surface area contributed by atoms with E-state index in [4.69, 9.17) is 0 Å². The maximum atomic E-state index is 13.4. The van der Waals surface area contributed by atoms with Crippen molar-refractivity contribution >= 4 is 27.6 Å². The van der Waals surface area contributed by atoms with E-state index >= 15 is 0 Å². The summed E-state index contributed by atoms with van der Waals surface area (Å²) >= 11 is 0. The molecular weight excluding hydrogens is 436 g/mol. The summed E-state index contributed by atoms with van der Waals surface area (Å²) < 4.78 is 27.6. The molecule has 0 aromatic heterocycles. The Kier molecular flexibility index (Phi) is 6.78. The second-order valence-corrected chi connectivity index (χ2v) is 9.39. The number of carbonyl (C=O) groups excluding carboxylic acids is 2. The van der Waals surface area contributed by atoms with E-state index < -0.39 is 21.0 Å². The Balaban J connectivity index is 1.91. The molecule has 0 unspecified atom stereocenters. The third kappa shape index (κ3) is 5.05. The smallest absolute Gasteiger partial charge is 0.334 e. The third-order valence-corrected chi connectivity index (χ3v) is 7.02. The monoisotopic (exact) mass is 460 g/mol. The molecular formula is C21H24N4O6S. The minimum atomic E-state index is -4.19. The Hall–Kier alpha value is -3.47. The van der Waals surface area contributed by atoms with Gasteiger partial charge in [0.2, 0.25) is 5.91 Å². The average Bonchev–Trinajstić information content (AvgIpc) is 2.77. The Morgan fingerprint density at radius 2 is 1.50 bits per heavy atom. The maximum absolute atomic E-state index is 13.4. The van der Waals surface area contributed by atoms with Gasteiger partial charge in [0.05, 0.1) is 16.4 Å². The molecule has 0 N–H and O–H groups in total. The number of hydrogen-bond donors (Lipinski definition) is 0. The lowest BCUT2D eigenvalue weighted by molar-refractivity contribution is -0.384. The molecule has 2 aromatic carbocycles. The molecule has 11 heteroatoms. The lowest BCUT2D eigenvalue weighted by atomic mass is 10.2. The van der Waals surface area contributed by atoms with Crippen LogP contribution in [0.3, 0.4) is 0 Å². The number of benzene rings is 2. The van der Waals surface area contributed by atoms with Gasteiger partial charge < -0.3 is 9.80 Å². The zero-order valence-corrected chi connectivity index (χ0v) is 18.6. The summed E-state index contributed by atoms with van der Waals surface area (Å²) in [5, 5.41) is 10.9. The summed E-state index contributed by atoms with van der Waals surface area (Å²) in [6.45, 7) is 4.04. The van der Waals surface area contributed by atoms with Gasteiger partial charge in [-0.2, -0.15) is 0 Å². The largest absolute Gasteiger partial charge is 0.339 e. The number of amides is 3. The van der Waals surface area contributed by atoms with E-state index in [-0.39, 0.29) is 36.1 Å². The number of aryl methyl sites for hydroxylation is 1. The van der Waals surface area contributed by atoms with Crippen LogP contribution < -0.4 is 0 Å². The first-order valence-corrected chi connectivity index (χ1v) is 11.4. The van der Waals surface area contributed by atoms with Crippen molar-refractivity contribution in [3.63, 3.8) is 0 Å². The number of nitro groups is 1. The number of non-ortho nitro benzene ring substituents is 1. The number of rotatable bonds is 5. The number of nitrogens with zero attached hydrogens (tertiary/aromatic N) is 4. The van der Waals surface area contributed by atoms with Gasteiger partial charge in [-0.25, -0.2) is 17.5 Å². The Bertz CT molecular complexity index is 1110. The maximum Gasteiger partial charge on any atom is 0.334 e. The predicted molar refractivity (Wildman–Crippen MR) is 116 cm³/mol. The number of hydrogen-bond acceptors (Lipinski definition) is 6. The summed E-state index contributed by atoms with van der Waals surface area (Å²) in [7, 11) is -4.19. The van der Waals surface area contributed by atoms with E-state index in [1.807, 2.05) is 6.92 Å². The molecule has 0 spiro atoms. The van der Waals surface area contributed by atoms with Crippen molar-refractivity contribution in [1.29, 1.82) is 0 Å². The van der Waals surface area contributed by atoms with Crippen molar-refractivity contribution in [2.75, 3.05) is 26.2 Å². The molecule has 1 aliphatic rings. The van der Waals surface area contributed by atoms with Crippen molar-refractivity contribution < 1.29 is 22.9 Å². The van der Waals surface area contributed by atoms with Crippen LogP contribution in [0.2, 0.25) is 0 Å². The fraction of sp³-hybridized carbons (Fsp3) is 0.333. The highest BCUT2D eigenvalue weighted by molar-refractivity contribution is 7.89. The number of urea groups is 1. The molecule has 0 aliphatic carbocycles. The summed E-state index contributed by atoms with van der Waals surface area (Å²) in [5.41, 5.74) is 1.17. The van der Waals surface area contributed by atoms with Crippen molar-refractivity contribution in [3.05, 3.63) is 69.8 Å². The van der Waals surface area contributed by atoms with Gasteiger partial charge in [-0.3, -0.25) is 14.9 Å². The first-order valence-electron chi connectivity index (χ1n) is 9.97. The standard InChI is InChI=1S/C21H24N4O6S/c1-16-3-9-20(10-4-16)32(30,31)24(15-18-5-7-19(8-6-18)25(28)29)21(27)23-13-11-22(12-14-23)17(2)26/h3-10H,11-15H2,1-2H3. The molecule has 0 bridgehead atoms. The van der Waals surface area contributed by atoms with Gasteiger partial charge in [0.15, 0.2) is 0 Å². The normalized spacial score (nSPS) is 14.2. The van der Waals surface area contributed by atoms with Crippen LogP contribution >= 0.6 is 0 Å². The average molecular weight is 461 g/mol. The highest BCUT2D eigenvalue weighted by Crippen LogP contribution is 2.23. The van der Waals surface area contributed by atoms with Crippen LogP contribution in [0.5, 0.6) is 0 Å². The van der Waals surface area contributed by atoms with E-state index in [0.29, 0.717) is 18.7 Å². The Morgan fingerprint density at radius 3 is 2.00 bits per heavy atom. The van der Waals surface area contributed by atoms with Crippen LogP contribution in [-0.4, -0.2) is 65.6 Å². The van der Waals surface area contributed by atoms with Gasteiger partial charge in [-0.1, -0.05) is 29.8 Å². The summed E-state index contributed by atoms with van der Waals surface area (Å²) in [5.74, 6) is -0.105. The molecule has 170 valence electrons. The van der Waals surface area contributed by atoms with Gasteiger partial charge in [0.25, 0.3) is 15.7 Å². The number of sulfonamides is 1. The second kappa shape index (κ2) is 9.35. The lowest BCUT2D eigenvalue weighted by Crippen LogP contribution is -2.54. The Morgan fingerprint density at radius 1 is 0.969 bits per heavy atom. The van der Waals surface area contributed by atoms with E-state index in [9.17, 15) is 28.1 Å². The fourth-order valence-corrected chi connectivity index (χ4v) is 4.73. The van der Waals surface area contributed by atoms with E-state index in [1.54, 1.807) is 17.0 Å². The van der Waals surface area contributed by atoms with Crippen LogP contribution in [0, 0.1) is 17.0 Å². The molecule has 0 saturated carbocycles. The summed E-state index contributed by atoms with van der Waals surface area (Å²) in [6, 6.07) is 10.9. The molecule has 1 saturated heterocycles. The minimum absolute atomic E-state index is 0.0271. The van der Waals surface area contributed by atoms with Gasteiger partial charge in [-0.15, -0.1) is 0 Å². The molecule has 1 heterocycles. The topological polar surface area (TPSA) is 121 Å². The zero-order chi connectivity index (χ0) is 23.5. The van der Waals surface area contributed by atoms with Crippen LogP contribution in [0.25, 0.3) is 0 Å². The molecule has 0 radical (unpaired) electrons. The summed E-state index contributed by atoms with van der Waals surface area (Å²) in [6.07, 6.45) is 0. The van der Waals surface area contributed by atoms with Crippen LogP contribution in [0.15, 0.2) is 53.4 Å². The van der Waals surface area contributed by atoms with Crippen molar-refractivity contribution in [3.8, 4) is 0 Å². The fourth-order valence-electron chi connectivity index (χ4n) is 3.35. The van der Waals surface area contributed by atoms with Gasteiger partial charge in [0, 0.05) is 45.2 Å². The predicted octanol–water partition coefficient (Wildman–Crippen LogP) is 2.38. The van der Waals surface area contributed by atoms with E-state index in [0.717, 1.165) is 9.87 Å². The van der Waals surface area contributed by atoms with Crippen molar-refractivity contribution in [2.45, 2.75) is 25.3 Å². The molecule has 10 nitrogen and oxygen atoms in total. The highest BCUT2D eigenvalue weighted by atomic mass is 32.2. The Labute approximate surface area is 186 Å². The van der Waals surface area contributed by atoms with Crippen LogP contribution in [0.4, 0.5) is 10.5 Å². The van der Waals surface area contributed by atoms with Crippen LogP contribution in [0.1, 0.15) is 18.1 Å². The first-order chi connectivity index (χ1) is 15.1. The molecule has 0 atom stereocenters. The SMILES string of the molecule is CC(=O)N1CCN(C(=O)N(Cc2ccc([N+](=O)[O-])cc2)S(=O)(=O)c2ccc(C)cc2)CC1. The minimum Gasteiger partial charge on any atom is -0.339 e. The van der Waals surface area contributed by atoms with Gasteiger partial charge in [0.1, 0.15) is 0 Å². The van der Waals surface area contributed by atoms with Crippen molar-refractivity contribution in [1.82, 2.24) is 14.1 Å². The molecule has 2 aromatic rings. The third-order valence-electron chi connectivity index (χ3n) is 5.29. The van der Waals surface area contributed by atoms with Crippen LogP contribution in [-0.2, 0) is 21.4 Å². The number of nitro benzene ring substituents is 1. The van der Waals surface area contributed by atoms with Gasteiger partial charge in [-0.05, 0) is 24.6 Å². The molecule has 3 amide bonds. The second-order valence-electron chi connectivity index (χ2n) is 7.52. The molecule has 3 rings (SSSR count). The highest BCUT2D eigenvalue weighted by Gasteiger charge is 2.34. The molecule has 32 heavy (non-hydrogen) atoms. The van der Waals surface area contributed by atoms with E-state index in [1.165, 1.54) is 48.2 Å². The first kappa shape index (κ1) is 23.2.